The molecule has 0 aliphatic carbocycles. The van der Waals surface area contributed by atoms with Crippen LogP contribution in [0.1, 0.15) is 11.4 Å². The van der Waals surface area contributed by atoms with Gasteiger partial charge in [0, 0.05) is 36.8 Å². The van der Waals surface area contributed by atoms with E-state index in [1.807, 2.05) is 26.4 Å². The lowest BCUT2D eigenvalue weighted by Crippen LogP contribution is -2.28. The fourth-order valence-corrected chi connectivity index (χ4v) is 2.73. The number of thiazole rings is 1. The van der Waals surface area contributed by atoms with Gasteiger partial charge in [0.05, 0.1) is 5.69 Å². The Kier molecular flexibility index (Phi) is 4.11. The third-order valence-electron chi connectivity index (χ3n) is 2.80. The summed E-state index contributed by atoms with van der Waals surface area (Å²) >= 11 is 1.51. The van der Waals surface area contributed by atoms with Crippen molar-refractivity contribution in [2.24, 2.45) is 0 Å². The average Bonchev–Trinajstić information content (AvgIpc) is 2.68. The molecule has 98 valence electrons. The Morgan fingerprint density at radius 1 is 1.56 bits per heavy atom. The Morgan fingerprint density at radius 2 is 2.33 bits per heavy atom. The second-order valence-corrected chi connectivity index (χ2v) is 5.26. The van der Waals surface area contributed by atoms with Crippen LogP contribution >= 0.6 is 11.3 Å². The van der Waals surface area contributed by atoms with Crippen molar-refractivity contribution in [1.29, 1.82) is 0 Å². The quantitative estimate of drug-likeness (QED) is 0.866. The van der Waals surface area contributed by atoms with Gasteiger partial charge in [-0.3, -0.25) is 14.1 Å². The first-order valence-corrected chi connectivity index (χ1v) is 6.79. The second-order valence-electron chi connectivity index (χ2n) is 4.42. The molecule has 18 heavy (non-hydrogen) atoms. The van der Waals surface area contributed by atoms with E-state index in [4.69, 9.17) is 0 Å². The Balaban J connectivity index is 2.22. The highest BCUT2D eigenvalue weighted by atomic mass is 32.1. The number of nitrogens with one attached hydrogen (secondary N) is 1. The minimum atomic E-state index is 0.00997. The standard InChI is InChI=1S/C12H18N4OS/c1-9-8-18-12-14-10(6-11(17)16(9)12)7-15(3)5-4-13-2/h6,8,13H,4-5,7H2,1-3H3. The van der Waals surface area contributed by atoms with Crippen LogP contribution in [0.25, 0.3) is 4.96 Å². The van der Waals surface area contributed by atoms with E-state index in [1.54, 1.807) is 10.5 Å². The molecule has 0 atom stereocenters. The third-order valence-corrected chi connectivity index (χ3v) is 3.75. The van der Waals surface area contributed by atoms with Crippen LogP contribution in [0.2, 0.25) is 0 Å². The van der Waals surface area contributed by atoms with Gasteiger partial charge in [0.15, 0.2) is 4.96 Å². The van der Waals surface area contributed by atoms with Gasteiger partial charge in [0.2, 0.25) is 0 Å². The van der Waals surface area contributed by atoms with Crippen LogP contribution in [0.15, 0.2) is 16.2 Å². The largest absolute Gasteiger partial charge is 0.318 e. The fourth-order valence-electron chi connectivity index (χ4n) is 1.84. The van der Waals surface area contributed by atoms with Crippen molar-refractivity contribution in [3.05, 3.63) is 33.2 Å². The molecule has 2 aromatic heterocycles. The molecule has 1 N–H and O–H groups in total. The number of hydrogen-bond donors (Lipinski definition) is 1. The van der Waals surface area contributed by atoms with Gasteiger partial charge in [-0.05, 0) is 21.0 Å². The van der Waals surface area contributed by atoms with Crippen LogP contribution in [-0.4, -0.2) is 41.5 Å². The van der Waals surface area contributed by atoms with Gasteiger partial charge in [0.1, 0.15) is 0 Å². The molecule has 0 radical (unpaired) electrons. The van der Waals surface area contributed by atoms with E-state index in [2.05, 4.69) is 15.2 Å². The van der Waals surface area contributed by atoms with Crippen molar-refractivity contribution >= 4 is 16.3 Å². The van der Waals surface area contributed by atoms with Crippen molar-refractivity contribution in [1.82, 2.24) is 19.6 Å². The first-order valence-electron chi connectivity index (χ1n) is 5.91. The van der Waals surface area contributed by atoms with Crippen molar-refractivity contribution in [3.63, 3.8) is 0 Å². The maximum atomic E-state index is 12.0. The highest BCUT2D eigenvalue weighted by Crippen LogP contribution is 2.11. The maximum absolute atomic E-state index is 12.0. The molecule has 0 amide bonds. The van der Waals surface area contributed by atoms with E-state index in [1.165, 1.54) is 11.3 Å². The summed E-state index contributed by atoms with van der Waals surface area (Å²) in [5.74, 6) is 0. The van der Waals surface area contributed by atoms with E-state index >= 15 is 0 Å². The molecule has 2 rings (SSSR count). The third kappa shape index (κ3) is 2.77. The Labute approximate surface area is 110 Å². The number of fused-ring (bicyclic) bond motifs is 1. The molecule has 0 aromatic carbocycles. The van der Waals surface area contributed by atoms with Gasteiger partial charge >= 0.3 is 0 Å². The van der Waals surface area contributed by atoms with Crippen LogP contribution < -0.4 is 10.9 Å². The molecular weight excluding hydrogens is 248 g/mol. The number of hydrogen-bond acceptors (Lipinski definition) is 5. The minimum Gasteiger partial charge on any atom is -0.318 e. The summed E-state index contributed by atoms with van der Waals surface area (Å²) in [4.78, 5) is 19.4. The van der Waals surface area contributed by atoms with E-state index < -0.39 is 0 Å². The highest BCUT2D eigenvalue weighted by Gasteiger charge is 2.07. The number of aryl methyl sites for hydroxylation is 1. The number of nitrogens with zero attached hydrogens (tertiary/aromatic N) is 3. The first-order chi connectivity index (χ1) is 8.61. The summed E-state index contributed by atoms with van der Waals surface area (Å²) in [5, 5.41) is 5.06. The minimum absolute atomic E-state index is 0.00997. The molecule has 0 unspecified atom stereocenters. The number of rotatable bonds is 5. The average molecular weight is 266 g/mol. The van der Waals surface area contributed by atoms with Gasteiger partial charge < -0.3 is 5.32 Å². The topological polar surface area (TPSA) is 49.6 Å². The van der Waals surface area contributed by atoms with Gasteiger partial charge in [-0.25, -0.2) is 4.98 Å². The number of likely N-dealkylation sites (N-methyl/N-ethyl adjacent to an activating group) is 2. The van der Waals surface area contributed by atoms with Crippen LogP contribution in [0, 0.1) is 6.92 Å². The SMILES string of the molecule is CNCCN(C)Cc1cc(=O)n2c(C)csc2n1. The lowest BCUT2D eigenvalue weighted by Gasteiger charge is -2.15. The van der Waals surface area contributed by atoms with E-state index in [0.29, 0.717) is 6.54 Å². The van der Waals surface area contributed by atoms with Crippen LogP contribution in [-0.2, 0) is 6.54 Å². The van der Waals surface area contributed by atoms with Gasteiger partial charge in [-0.15, -0.1) is 11.3 Å². The van der Waals surface area contributed by atoms with Gasteiger partial charge in [-0.2, -0.15) is 0 Å². The van der Waals surface area contributed by atoms with Crippen LogP contribution in [0.4, 0.5) is 0 Å². The van der Waals surface area contributed by atoms with E-state index in [9.17, 15) is 4.79 Å². The van der Waals surface area contributed by atoms with Crippen molar-refractivity contribution in [2.45, 2.75) is 13.5 Å². The summed E-state index contributed by atoms with van der Waals surface area (Å²) in [6.07, 6.45) is 0. The lowest BCUT2D eigenvalue weighted by molar-refractivity contribution is 0.324. The zero-order chi connectivity index (χ0) is 13.1. The smallest absolute Gasteiger partial charge is 0.259 e. The monoisotopic (exact) mass is 266 g/mol. The molecule has 0 saturated heterocycles. The van der Waals surface area contributed by atoms with Gasteiger partial charge in [0.25, 0.3) is 5.56 Å². The fraction of sp³-hybridized carbons (Fsp3) is 0.500. The molecule has 6 heteroatoms. The molecule has 0 fully saturated rings. The summed E-state index contributed by atoms with van der Waals surface area (Å²) < 4.78 is 1.65. The summed E-state index contributed by atoms with van der Waals surface area (Å²) in [6.45, 7) is 4.48. The van der Waals surface area contributed by atoms with E-state index in [-0.39, 0.29) is 5.56 Å². The summed E-state index contributed by atoms with van der Waals surface area (Å²) in [5.41, 5.74) is 1.79. The van der Waals surface area contributed by atoms with E-state index in [0.717, 1.165) is 29.4 Å². The molecule has 2 aromatic rings. The predicted octanol–water partition coefficient (Wildman–Crippen LogP) is 0.716. The molecule has 5 nitrogen and oxygen atoms in total. The van der Waals surface area contributed by atoms with Crippen LogP contribution in [0.3, 0.4) is 0 Å². The Morgan fingerprint density at radius 3 is 3.06 bits per heavy atom. The molecular formula is C12H18N4OS. The van der Waals surface area contributed by atoms with Crippen LogP contribution in [0.5, 0.6) is 0 Å². The van der Waals surface area contributed by atoms with Crippen molar-refractivity contribution < 1.29 is 0 Å². The number of aromatic nitrogens is 2. The van der Waals surface area contributed by atoms with Crippen molar-refractivity contribution in [3.8, 4) is 0 Å². The normalized spacial score (nSPS) is 11.6. The molecule has 2 heterocycles. The van der Waals surface area contributed by atoms with Crippen molar-refractivity contribution in [2.75, 3.05) is 27.2 Å². The highest BCUT2D eigenvalue weighted by molar-refractivity contribution is 7.15. The lowest BCUT2D eigenvalue weighted by atomic mass is 10.3. The molecule has 0 bridgehead atoms. The molecule has 0 spiro atoms. The Hall–Kier alpha value is -1.24. The predicted molar refractivity (Wildman–Crippen MR) is 74.3 cm³/mol. The van der Waals surface area contributed by atoms with Gasteiger partial charge in [-0.1, -0.05) is 0 Å². The zero-order valence-electron chi connectivity index (χ0n) is 10.9. The first kappa shape index (κ1) is 13.2. The zero-order valence-corrected chi connectivity index (χ0v) is 11.8. The Bertz CT molecular complexity index is 589. The maximum Gasteiger partial charge on any atom is 0.259 e. The molecule has 0 aliphatic rings. The molecule has 0 saturated carbocycles. The second kappa shape index (κ2) is 5.60. The summed E-state index contributed by atoms with van der Waals surface area (Å²) in [7, 11) is 3.96. The summed E-state index contributed by atoms with van der Waals surface area (Å²) in [6, 6.07) is 1.63. The molecule has 0 aliphatic heterocycles.